The third kappa shape index (κ3) is 6.27. The molecule has 5 rings (SSSR count). The van der Waals surface area contributed by atoms with Gasteiger partial charge in [0, 0.05) is 25.2 Å². The fourth-order valence-electron chi connectivity index (χ4n) is 5.35. The number of carbonyl (C=O) groups excluding carboxylic acids is 1. The molecule has 0 atom stereocenters. The molecule has 1 aromatic heterocycles. The zero-order chi connectivity index (χ0) is 29.1. The Hall–Kier alpha value is -3.93. The predicted octanol–water partition coefficient (Wildman–Crippen LogP) is 3.90. The Balaban J connectivity index is 0.000000470. The molecule has 1 fully saturated rings. The van der Waals surface area contributed by atoms with Crippen LogP contribution in [-0.2, 0) is 28.1 Å². The highest BCUT2D eigenvalue weighted by molar-refractivity contribution is 5.79. The zero-order valence-corrected chi connectivity index (χ0v) is 22.6. The highest BCUT2D eigenvalue weighted by Crippen LogP contribution is 2.39. The summed E-state index contributed by atoms with van der Waals surface area (Å²) in [4.78, 5) is 26.3. The zero-order valence-electron chi connectivity index (χ0n) is 22.6. The number of hydrogen-bond donors (Lipinski definition) is 1. The first-order valence-electron chi connectivity index (χ1n) is 12.8. The summed E-state index contributed by atoms with van der Waals surface area (Å²) < 4.78 is 39.4. The first-order chi connectivity index (χ1) is 18.9. The van der Waals surface area contributed by atoms with Gasteiger partial charge in [-0.25, -0.2) is 4.79 Å². The van der Waals surface area contributed by atoms with Gasteiger partial charge in [-0.15, -0.1) is 10.2 Å². The summed E-state index contributed by atoms with van der Waals surface area (Å²) >= 11 is 0. The van der Waals surface area contributed by atoms with E-state index in [1.807, 2.05) is 41.3 Å². The number of fused-ring (bicyclic) bond motifs is 2. The van der Waals surface area contributed by atoms with Crippen molar-refractivity contribution in [3.8, 4) is 17.1 Å². The number of ether oxygens (including phenoxy) is 1. The predicted molar refractivity (Wildman–Crippen MR) is 141 cm³/mol. The fourth-order valence-corrected chi connectivity index (χ4v) is 5.35. The number of halogens is 3. The van der Waals surface area contributed by atoms with Crippen molar-refractivity contribution in [3.63, 3.8) is 0 Å². The Labute approximate surface area is 230 Å². The molecular formula is C28H32F3N5O4. The average molecular weight is 560 g/mol. The van der Waals surface area contributed by atoms with Crippen molar-refractivity contribution in [2.24, 2.45) is 0 Å². The number of hydrogen-bond acceptors (Lipinski definition) is 6. The van der Waals surface area contributed by atoms with E-state index >= 15 is 0 Å². The molecule has 0 aliphatic carbocycles. The molecule has 214 valence electrons. The van der Waals surface area contributed by atoms with Crippen molar-refractivity contribution in [1.29, 1.82) is 0 Å². The third-order valence-corrected chi connectivity index (χ3v) is 7.42. The van der Waals surface area contributed by atoms with Gasteiger partial charge in [0.1, 0.15) is 11.6 Å². The molecule has 0 radical (unpaired) electrons. The van der Waals surface area contributed by atoms with Gasteiger partial charge in [0.15, 0.2) is 5.82 Å². The van der Waals surface area contributed by atoms with Crippen LogP contribution in [0.2, 0.25) is 0 Å². The SMILES string of the molecule is COc1ccc(-c2nnc3n2C2(CCN(C(=O)Cc4ccccc4C)CC2)CN(C)C3)cc1.O=C(O)C(F)(F)F. The first kappa shape index (κ1) is 29.1. The van der Waals surface area contributed by atoms with Crippen LogP contribution in [0.25, 0.3) is 11.4 Å². The quantitative estimate of drug-likeness (QED) is 0.518. The summed E-state index contributed by atoms with van der Waals surface area (Å²) in [5, 5.41) is 16.3. The van der Waals surface area contributed by atoms with E-state index in [2.05, 4.69) is 45.8 Å². The summed E-state index contributed by atoms with van der Waals surface area (Å²) in [6, 6.07) is 16.2. The standard InChI is InChI=1S/C26H31N5O2.C2HF3O2/c1-19-6-4-5-7-21(19)16-24(32)30-14-12-26(13-15-30)18-29(2)17-23-27-28-25(31(23)26)20-8-10-22(33-3)11-9-20;3-2(4,5)1(6)7/h4-11H,12-18H2,1-3H3;(H,6,7). The van der Waals surface area contributed by atoms with Crippen molar-refractivity contribution in [2.75, 3.05) is 33.8 Å². The monoisotopic (exact) mass is 559 g/mol. The number of likely N-dealkylation sites (N-methyl/N-ethyl adjacent to an activating group) is 1. The summed E-state index contributed by atoms with van der Waals surface area (Å²) in [6.45, 7) is 5.28. The largest absolute Gasteiger partial charge is 0.497 e. The number of likely N-dealkylation sites (tertiary alicyclic amines) is 1. The van der Waals surface area contributed by atoms with E-state index in [1.165, 1.54) is 5.56 Å². The normalized spacial score (nSPS) is 16.6. The number of methoxy groups -OCH3 is 1. The van der Waals surface area contributed by atoms with Crippen LogP contribution in [0, 0.1) is 6.92 Å². The Morgan fingerprint density at radius 2 is 1.68 bits per heavy atom. The molecule has 1 amide bonds. The van der Waals surface area contributed by atoms with Crippen LogP contribution in [0.5, 0.6) is 5.75 Å². The number of carboxylic acid groups (broad SMARTS) is 1. The minimum atomic E-state index is -5.08. The molecule has 1 spiro atoms. The number of alkyl halides is 3. The second-order valence-corrected chi connectivity index (χ2v) is 10.2. The lowest BCUT2D eigenvalue weighted by Gasteiger charge is -2.48. The van der Waals surface area contributed by atoms with E-state index in [1.54, 1.807) is 7.11 Å². The first-order valence-corrected chi connectivity index (χ1v) is 12.8. The van der Waals surface area contributed by atoms with Crippen LogP contribution in [0.3, 0.4) is 0 Å². The number of carbonyl (C=O) groups is 2. The van der Waals surface area contributed by atoms with Crippen LogP contribution < -0.4 is 4.74 Å². The van der Waals surface area contributed by atoms with Crippen LogP contribution >= 0.6 is 0 Å². The lowest BCUT2D eigenvalue weighted by Crippen LogP contribution is -2.56. The summed E-state index contributed by atoms with van der Waals surface area (Å²) in [7, 11) is 3.82. The topological polar surface area (TPSA) is 101 Å². The molecular weight excluding hydrogens is 527 g/mol. The molecule has 2 aliphatic rings. The number of amides is 1. The molecule has 0 saturated carbocycles. The highest BCUT2D eigenvalue weighted by Gasteiger charge is 2.44. The molecule has 3 heterocycles. The summed E-state index contributed by atoms with van der Waals surface area (Å²) in [6.07, 6.45) is -2.83. The number of rotatable bonds is 4. The molecule has 12 heteroatoms. The smallest absolute Gasteiger partial charge is 0.490 e. The lowest BCUT2D eigenvalue weighted by molar-refractivity contribution is -0.192. The van der Waals surface area contributed by atoms with Gasteiger partial charge in [-0.2, -0.15) is 13.2 Å². The third-order valence-electron chi connectivity index (χ3n) is 7.42. The van der Waals surface area contributed by atoms with Crippen LogP contribution in [0.15, 0.2) is 48.5 Å². The van der Waals surface area contributed by atoms with E-state index in [0.29, 0.717) is 6.42 Å². The number of aliphatic carboxylic acids is 1. The molecule has 2 aliphatic heterocycles. The molecule has 40 heavy (non-hydrogen) atoms. The van der Waals surface area contributed by atoms with E-state index in [-0.39, 0.29) is 11.4 Å². The molecule has 9 nitrogen and oxygen atoms in total. The number of carboxylic acids is 1. The van der Waals surface area contributed by atoms with Gasteiger partial charge >= 0.3 is 12.1 Å². The Morgan fingerprint density at radius 1 is 1.05 bits per heavy atom. The Morgan fingerprint density at radius 3 is 2.25 bits per heavy atom. The number of piperidine rings is 1. The van der Waals surface area contributed by atoms with Crippen molar-refractivity contribution in [1.82, 2.24) is 24.6 Å². The maximum absolute atomic E-state index is 13.1. The molecule has 3 aromatic rings. The van der Waals surface area contributed by atoms with Gasteiger partial charge < -0.3 is 19.3 Å². The number of benzene rings is 2. The van der Waals surface area contributed by atoms with Gasteiger partial charge in [0.2, 0.25) is 5.91 Å². The van der Waals surface area contributed by atoms with E-state index in [0.717, 1.165) is 67.5 Å². The fraction of sp³-hybridized carbons (Fsp3) is 0.429. The van der Waals surface area contributed by atoms with Gasteiger partial charge in [-0.3, -0.25) is 9.69 Å². The highest BCUT2D eigenvalue weighted by atomic mass is 19.4. The number of aromatic nitrogens is 3. The molecule has 2 aromatic carbocycles. The Bertz CT molecular complexity index is 1350. The second-order valence-electron chi connectivity index (χ2n) is 10.2. The van der Waals surface area contributed by atoms with Gasteiger partial charge in [0.25, 0.3) is 0 Å². The maximum atomic E-state index is 13.1. The summed E-state index contributed by atoms with van der Waals surface area (Å²) in [5.74, 6) is 0.178. The van der Waals surface area contributed by atoms with Gasteiger partial charge in [-0.1, -0.05) is 24.3 Å². The van der Waals surface area contributed by atoms with Crippen LogP contribution in [0.1, 0.15) is 29.8 Å². The molecule has 0 bridgehead atoms. The molecule has 1 N–H and O–H groups in total. The van der Waals surface area contributed by atoms with Crippen LogP contribution in [-0.4, -0.2) is 81.5 Å². The van der Waals surface area contributed by atoms with Crippen molar-refractivity contribution in [3.05, 3.63) is 65.5 Å². The van der Waals surface area contributed by atoms with Gasteiger partial charge in [0.05, 0.1) is 25.6 Å². The van der Waals surface area contributed by atoms with E-state index in [9.17, 15) is 18.0 Å². The minimum absolute atomic E-state index is 0.111. The number of aryl methyl sites for hydroxylation is 1. The molecule has 1 saturated heterocycles. The van der Waals surface area contributed by atoms with Crippen molar-refractivity contribution in [2.45, 2.75) is 44.4 Å². The lowest BCUT2D eigenvalue weighted by atomic mass is 9.84. The number of nitrogens with zero attached hydrogens (tertiary/aromatic N) is 5. The van der Waals surface area contributed by atoms with Gasteiger partial charge in [-0.05, 0) is 62.2 Å². The summed E-state index contributed by atoms with van der Waals surface area (Å²) in [5.41, 5.74) is 3.21. The van der Waals surface area contributed by atoms with Crippen LogP contribution in [0.4, 0.5) is 13.2 Å². The Kier molecular flexibility index (Phi) is 8.48. The van der Waals surface area contributed by atoms with Crippen molar-refractivity contribution < 1.29 is 32.6 Å². The second kappa shape index (κ2) is 11.7. The average Bonchev–Trinajstić information content (AvgIpc) is 3.35. The minimum Gasteiger partial charge on any atom is -0.497 e. The van der Waals surface area contributed by atoms with E-state index in [4.69, 9.17) is 14.6 Å². The maximum Gasteiger partial charge on any atom is 0.490 e. The van der Waals surface area contributed by atoms with E-state index < -0.39 is 12.1 Å². The molecule has 0 unspecified atom stereocenters. The van der Waals surface area contributed by atoms with Crippen molar-refractivity contribution >= 4 is 11.9 Å².